The molecule has 0 saturated carbocycles. The number of thiol groups is 1. The van der Waals surface area contributed by atoms with Gasteiger partial charge < -0.3 is 0 Å². The summed E-state index contributed by atoms with van der Waals surface area (Å²) in [6.45, 7) is 2.72. The first-order chi connectivity index (χ1) is 3.30. The van der Waals surface area contributed by atoms with E-state index in [9.17, 15) is 0 Å². The van der Waals surface area contributed by atoms with Crippen LogP contribution in [0, 0.1) is 0 Å². The zero-order valence-corrected chi connectivity index (χ0v) is 5.91. The van der Waals surface area contributed by atoms with Crippen LogP contribution in [0.25, 0.3) is 0 Å². The molecule has 0 aromatic carbocycles. The average molecular weight is 119 g/mol. The summed E-state index contributed by atoms with van der Waals surface area (Å²) >= 11 is 0.258. The number of hydrogen-bond acceptors (Lipinski definition) is 1. The van der Waals surface area contributed by atoms with Crippen molar-refractivity contribution in [2.45, 2.75) is 6.42 Å². The maximum absolute atomic E-state index is 2.54. The lowest BCUT2D eigenvalue weighted by Crippen LogP contribution is -2.33. The molecule has 0 N–H and O–H groups in total. The van der Waals surface area contributed by atoms with Crippen molar-refractivity contribution >= 4 is 11.1 Å². The van der Waals surface area contributed by atoms with E-state index in [2.05, 4.69) is 16.8 Å². The van der Waals surface area contributed by atoms with Gasteiger partial charge in [0.05, 0.1) is 0 Å². The molecule has 0 atom stereocenters. The highest BCUT2D eigenvalue weighted by molar-refractivity contribution is 8.13. The van der Waals surface area contributed by atoms with Gasteiger partial charge in [0.25, 0.3) is 0 Å². The van der Waals surface area contributed by atoms with E-state index < -0.39 is 0 Å². The molecule has 1 nitrogen and oxygen atoms in total. The van der Waals surface area contributed by atoms with Gasteiger partial charge in [-0.25, -0.2) is 11.1 Å². The highest BCUT2D eigenvalue weighted by atomic mass is 32.2. The summed E-state index contributed by atoms with van der Waals surface area (Å²) in [5.41, 5.74) is 0. The van der Waals surface area contributed by atoms with Crippen molar-refractivity contribution in [1.29, 1.82) is 0 Å². The molecule has 1 aliphatic rings. The quantitative estimate of drug-likeness (QED) is 0.501. The highest BCUT2D eigenvalue weighted by Crippen LogP contribution is 2.26. The van der Waals surface area contributed by atoms with Gasteiger partial charge in [-0.15, -0.1) is 0 Å². The van der Waals surface area contributed by atoms with Crippen LogP contribution in [0.1, 0.15) is 6.42 Å². The largest absolute Gasteiger partial charge is 0.270 e. The van der Waals surface area contributed by atoms with E-state index in [-0.39, 0.29) is 11.1 Å². The lowest BCUT2D eigenvalue weighted by atomic mass is 10.3. The monoisotopic (exact) mass is 119 g/mol. The second kappa shape index (κ2) is 2.05. The van der Waals surface area contributed by atoms with E-state index in [4.69, 9.17) is 0 Å². The second-order valence-electron chi connectivity index (χ2n) is 2.15. The Hall–Kier alpha value is 0.310. The summed E-state index contributed by atoms with van der Waals surface area (Å²) in [6, 6.07) is 0. The third-order valence-corrected chi connectivity index (χ3v) is 2.93. The summed E-state index contributed by atoms with van der Waals surface area (Å²) in [5, 5.41) is 0. The van der Waals surface area contributed by atoms with Crippen LogP contribution < -0.4 is 0 Å². The van der Waals surface area contributed by atoms with Crippen molar-refractivity contribution in [3.8, 4) is 0 Å². The molecule has 44 valence electrons. The number of rotatable bonds is 1. The highest BCUT2D eigenvalue weighted by Gasteiger charge is 2.13. The zero-order chi connectivity index (χ0) is 5.28. The van der Waals surface area contributed by atoms with Gasteiger partial charge in [0, 0.05) is 13.1 Å². The molecular formula is C5H13NS. The molecule has 2 heteroatoms. The fourth-order valence-electron chi connectivity index (χ4n) is 0.700. The maximum Gasteiger partial charge on any atom is 0.00840 e. The van der Waals surface area contributed by atoms with Crippen LogP contribution >= 0.6 is 11.1 Å². The lowest BCUT2D eigenvalue weighted by Gasteiger charge is -2.36. The van der Waals surface area contributed by atoms with E-state index in [1.54, 1.807) is 0 Å². The van der Waals surface area contributed by atoms with Crippen LogP contribution in [0.15, 0.2) is 0 Å². The molecule has 0 aromatic rings. The molecule has 0 aromatic heterocycles. The van der Waals surface area contributed by atoms with Crippen molar-refractivity contribution in [3.05, 3.63) is 0 Å². The Morgan fingerprint density at radius 3 is 1.86 bits per heavy atom. The molecule has 1 saturated heterocycles. The SMILES string of the molecule is C[SH](C)N1CCC1. The summed E-state index contributed by atoms with van der Waals surface area (Å²) < 4.78 is 2.54. The van der Waals surface area contributed by atoms with Crippen molar-refractivity contribution in [2.24, 2.45) is 0 Å². The molecule has 1 aliphatic heterocycles. The third-order valence-electron chi connectivity index (χ3n) is 1.40. The Balaban J connectivity index is 2.14. The van der Waals surface area contributed by atoms with Crippen molar-refractivity contribution in [2.75, 3.05) is 25.6 Å². The normalized spacial score (nSPS) is 24.0. The van der Waals surface area contributed by atoms with Gasteiger partial charge >= 0.3 is 0 Å². The maximum atomic E-state index is 2.54. The van der Waals surface area contributed by atoms with Crippen molar-refractivity contribution < 1.29 is 0 Å². The average Bonchev–Trinajstić information content (AvgIpc) is 1.23. The van der Waals surface area contributed by atoms with E-state index in [0.29, 0.717) is 0 Å². The van der Waals surface area contributed by atoms with Gasteiger partial charge in [0.2, 0.25) is 0 Å². The van der Waals surface area contributed by atoms with Crippen molar-refractivity contribution in [1.82, 2.24) is 4.31 Å². The molecule has 0 aliphatic carbocycles. The molecule has 1 heterocycles. The molecule has 0 radical (unpaired) electrons. The van der Waals surface area contributed by atoms with Gasteiger partial charge in [0.1, 0.15) is 0 Å². The minimum atomic E-state index is 0.258. The molecule has 0 amide bonds. The van der Waals surface area contributed by atoms with E-state index >= 15 is 0 Å². The van der Waals surface area contributed by atoms with Crippen LogP contribution in [0.4, 0.5) is 0 Å². The van der Waals surface area contributed by atoms with Crippen LogP contribution in [0.3, 0.4) is 0 Å². The Morgan fingerprint density at radius 1 is 1.29 bits per heavy atom. The van der Waals surface area contributed by atoms with Gasteiger partial charge in [-0.2, -0.15) is 0 Å². The van der Waals surface area contributed by atoms with Crippen LogP contribution in [0.5, 0.6) is 0 Å². The van der Waals surface area contributed by atoms with Crippen LogP contribution in [-0.4, -0.2) is 29.9 Å². The van der Waals surface area contributed by atoms with Gasteiger partial charge in [-0.3, -0.25) is 4.31 Å². The topological polar surface area (TPSA) is 3.24 Å². The predicted octanol–water partition coefficient (Wildman–Crippen LogP) is 0.868. The molecule has 1 fully saturated rings. The minimum absolute atomic E-state index is 0.258. The van der Waals surface area contributed by atoms with Gasteiger partial charge in [-0.1, -0.05) is 0 Å². The summed E-state index contributed by atoms with van der Waals surface area (Å²) in [4.78, 5) is 0. The molecule has 0 unspecified atom stereocenters. The first-order valence-corrected chi connectivity index (χ1v) is 4.92. The summed E-state index contributed by atoms with van der Waals surface area (Å²) in [5.74, 6) is 0. The van der Waals surface area contributed by atoms with E-state index in [0.717, 1.165) is 0 Å². The smallest absolute Gasteiger partial charge is 0.00840 e. The molecule has 1 rings (SSSR count). The first kappa shape index (κ1) is 5.45. The fourth-order valence-corrected chi connectivity index (χ4v) is 1.78. The van der Waals surface area contributed by atoms with Gasteiger partial charge in [-0.05, 0) is 18.9 Å². The first-order valence-electron chi connectivity index (χ1n) is 2.73. The standard InChI is InChI=1S/C5H13NS/c1-7(2)6-4-3-5-6/h7H,3-5H2,1-2H3. The van der Waals surface area contributed by atoms with Gasteiger partial charge in [0.15, 0.2) is 0 Å². The number of hydrogen-bond donors (Lipinski definition) is 1. The Kier molecular flexibility index (Phi) is 1.60. The molecule has 0 bridgehead atoms. The predicted molar refractivity (Wildman–Crippen MR) is 37.0 cm³/mol. The Morgan fingerprint density at radius 2 is 1.86 bits per heavy atom. The fraction of sp³-hybridized carbons (Fsp3) is 1.00. The molecule has 0 spiro atoms. The van der Waals surface area contributed by atoms with E-state index in [1.165, 1.54) is 19.5 Å². The van der Waals surface area contributed by atoms with Crippen LogP contribution in [0.2, 0.25) is 0 Å². The van der Waals surface area contributed by atoms with Crippen molar-refractivity contribution in [3.63, 3.8) is 0 Å². The zero-order valence-electron chi connectivity index (χ0n) is 5.02. The second-order valence-corrected chi connectivity index (χ2v) is 4.41. The third kappa shape index (κ3) is 1.10. The van der Waals surface area contributed by atoms with E-state index in [1.807, 2.05) is 0 Å². The summed E-state index contributed by atoms with van der Waals surface area (Å²) in [6.07, 6.45) is 6.06. The molecule has 7 heavy (non-hydrogen) atoms. The Labute approximate surface area is 48.2 Å². The summed E-state index contributed by atoms with van der Waals surface area (Å²) in [7, 11) is 0. The lowest BCUT2D eigenvalue weighted by molar-refractivity contribution is 0.341. The molecular weight excluding hydrogens is 106 g/mol. The number of nitrogens with zero attached hydrogens (tertiary/aromatic N) is 1. The Bertz CT molecular complexity index is 59.1. The van der Waals surface area contributed by atoms with Crippen LogP contribution in [-0.2, 0) is 0 Å². The minimum Gasteiger partial charge on any atom is -0.270 e.